The highest BCUT2D eigenvalue weighted by atomic mass is 35.7. The summed E-state index contributed by atoms with van der Waals surface area (Å²) in [4.78, 5) is 0. The number of halogens is 1. The molecule has 0 bridgehead atoms. The zero-order valence-electron chi connectivity index (χ0n) is 16.5. The Morgan fingerprint density at radius 3 is 2.12 bits per heavy atom. The lowest BCUT2D eigenvalue weighted by Crippen LogP contribution is -2.21. The Morgan fingerprint density at radius 1 is 1.00 bits per heavy atom. The van der Waals surface area contributed by atoms with Crippen LogP contribution in [0, 0.1) is 0 Å². The summed E-state index contributed by atoms with van der Waals surface area (Å²) in [5.74, 6) is 0.894. The number of ether oxygens (including phenoxy) is 1. The summed E-state index contributed by atoms with van der Waals surface area (Å²) in [5.41, 5.74) is 2.70. The van der Waals surface area contributed by atoms with Crippen LogP contribution in [0.3, 0.4) is 0 Å². The highest BCUT2D eigenvalue weighted by Crippen LogP contribution is 2.38. The van der Waals surface area contributed by atoms with Gasteiger partial charge < -0.3 is 4.74 Å². The summed E-state index contributed by atoms with van der Waals surface area (Å²) >= 11 is 0. The molecular weight excluding hydrogens is 356 g/mol. The fraction of sp³-hybridized carbons (Fsp3) is 0.700. The molecule has 0 atom stereocenters. The maximum atomic E-state index is 11.0. The fourth-order valence-electron chi connectivity index (χ4n) is 2.56. The normalized spacial score (nSPS) is 13.1. The van der Waals surface area contributed by atoms with Gasteiger partial charge in [-0.3, -0.25) is 0 Å². The van der Waals surface area contributed by atoms with Crippen LogP contribution in [-0.4, -0.2) is 20.8 Å². The molecule has 0 saturated carbocycles. The molecule has 0 N–H and O–H groups in total. The molecule has 0 radical (unpaired) electrons. The summed E-state index contributed by atoms with van der Waals surface area (Å²) < 4.78 is 28.0. The smallest absolute Gasteiger partial charge is 0.232 e. The molecular formula is C20H33ClO3S. The Hall–Kier alpha value is -0.740. The maximum absolute atomic E-state index is 11.0. The summed E-state index contributed by atoms with van der Waals surface area (Å²) in [5, 5.41) is 0. The number of hydrogen-bond acceptors (Lipinski definition) is 3. The molecule has 25 heavy (non-hydrogen) atoms. The van der Waals surface area contributed by atoms with Crippen molar-refractivity contribution in [2.24, 2.45) is 0 Å². The molecule has 1 aromatic rings. The molecule has 0 spiro atoms. The van der Waals surface area contributed by atoms with Gasteiger partial charge in [-0.1, -0.05) is 53.7 Å². The summed E-state index contributed by atoms with van der Waals surface area (Å²) in [6.07, 6.45) is 3.27. The van der Waals surface area contributed by atoms with Crippen molar-refractivity contribution in [3.05, 3.63) is 29.3 Å². The van der Waals surface area contributed by atoms with E-state index in [0.29, 0.717) is 19.4 Å². The first kappa shape index (κ1) is 22.3. The van der Waals surface area contributed by atoms with Gasteiger partial charge in [0.2, 0.25) is 9.05 Å². The highest BCUT2D eigenvalue weighted by molar-refractivity contribution is 8.13. The number of rotatable bonds is 10. The second-order valence-electron chi connectivity index (χ2n) is 7.98. The van der Waals surface area contributed by atoms with E-state index in [1.807, 2.05) is 0 Å². The molecule has 0 aliphatic carbocycles. The summed E-state index contributed by atoms with van der Waals surface area (Å²) in [6, 6.07) is 6.50. The van der Waals surface area contributed by atoms with Crippen LogP contribution in [0.5, 0.6) is 5.75 Å². The van der Waals surface area contributed by atoms with Crippen molar-refractivity contribution in [1.82, 2.24) is 0 Å². The predicted octanol–water partition coefficient (Wildman–Crippen LogP) is 5.79. The first-order valence-electron chi connectivity index (χ1n) is 9.13. The SMILES string of the molecule is CCC(C)(C)c1ccc(OCCCCS(=O)(=O)Cl)c(C(C)(C)CC)c1. The second kappa shape index (κ2) is 8.77. The minimum Gasteiger partial charge on any atom is -0.493 e. The minimum atomic E-state index is -3.41. The largest absolute Gasteiger partial charge is 0.493 e. The van der Waals surface area contributed by atoms with Crippen molar-refractivity contribution < 1.29 is 13.2 Å². The average Bonchev–Trinajstić information content (AvgIpc) is 2.53. The van der Waals surface area contributed by atoms with Crippen LogP contribution >= 0.6 is 10.7 Å². The first-order valence-corrected chi connectivity index (χ1v) is 11.6. The zero-order valence-corrected chi connectivity index (χ0v) is 18.1. The highest BCUT2D eigenvalue weighted by Gasteiger charge is 2.26. The minimum absolute atomic E-state index is 0.00511. The standard InChI is InChI=1S/C20H33ClO3S/c1-7-19(3,4)16-11-12-18(17(15-16)20(5,6)8-2)24-13-9-10-14-25(21,22)23/h11-12,15H,7-10,13-14H2,1-6H3. The molecule has 0 aliphatic heterocycles. The van der Waals surface area contributed by atoms with E-state index in [4.69, 9.17) is 15.4 Å². The van der Waals surface area contributed by atoms with E-state index < -0.39 is 9.05 Å². The lowest BCUT2D eigenvalue weighted by molar-refractivity contribution is 0.298. The summed E-state index contributed by atoms with van der Waals surface area (Å²) in [7, 11) is 1.83. The zero-order chi connectivity index (χ0) is 19.3. The van der Waals surface area contributed by atoms with Gasteiger partial charge in [-0.15, -0.1) is 0 Å². The lowest BCUT2D eigenvalue weighted by atomic mass is 9.76. The second-order valence-corrected chi connectivity index (χ2v) is 10.9. The van der Waals surface area contributed by atoms with Crippen molar-refractivity contribution in [2.45, 2.75) is 78.1 Å². The Labute approximate surface area is 158 Å². The Bertz CT molecular complexity index is 664. The molecule has 3 nitrogen and oxygen atoms in total. The van der Waals surface area contributed by atoms with Crippen molar-refractivity contribution >= 4 is 19.7 Å². The predicted molar refractivity (Wildman–Crippen MR) is 107 cm³/mol. The molecule has 0 heterocycles. The molecule has 0 amide bonds. The third-order valence-corrected chi connectivity index (χ3v) is 6.54. The van der Waals surface area contributed by atoms with Gasteiger partial charge in [0.05, 0.1) is 12.4 Å². The molecule has 144 valence electrons. The van der Waals surface area contributed by atoms with Crippen molar-refractivity contribution in [2.75, 3.05) is 12.4 Å². The van der Waals surface area contributed by atoms with Gasteiger partial charge in [0, 0.05) is 16.2 Å². The molecule has 1 aromatic carbocycles. The Kier molecular flexibility index (Phi) is 7.82. The van der Waals surface area contributed by atoms with E-state index in [1.165, 1.54) is 11.1 Å². The molecule has 0 unspecified atom stereocenters. The topological polar surface area (TPSA) is 43.4 Å². The third-order valence-electron chi connectivity index (χ3n) is 5.30. The molecule has 0 aliphatic rings. The monoisotopic (exact) mass is 388 g/mol. The van der Waals surface area contributed by atoms with E-state index in [2.05, 4.69) is 59.7 Å². The van der Waals surface area contributed by atoms with Crippen LogP contribution in [0.25, 0.3) is 0 Å². The molecule has 0 saturated heterocycles. The van der Waals surface area contributed by atoms with Gasteiger partial charge in [0.25, 0.3) is 0 Å². The molecule has 0 aromatic heterocycles. The fourth-order valence-corrected chi connectivity index (χ4v) is 3.44. The van der Waals surface area contributed by atoms with Crippen molar-refractivity contribution in [3.63, 3.8) is 0 Å². The molecule has 1 rings (SSSR count). The Morgan fingerprint density at radius 2 is 1.60 bits per heavy atom. The lowest BCUT2D eigenvalue weighted by Gasteiger charge is -2.30. The maximum Gasteiger partial charge on any atom is 0.232 e. The van der Waals surface area contributed by atoms with Gasteiger partial charge in [0.15, 0.2) is 0 Å². The van der Waals surface area contributed by atoms with Crippen molar-refractivity contribution in [1.29, 1.82) is 0 Å². The van der Waals surface area contributed by atoms with Crippen LogP contribution in [0.2, 0.25) is 0 Å². The van der Waals surface area contributed by atoms with Gasteiger partial charge in [-0.2, -0.15) is 0 Å². The van der Waals surface area contributed by atoms with E-state index in [-0.39, 0.29) is 16.6 Å². The number of benzene rings is 1. The van der Waals surface area contributed by atoms with E-state index >= 15 is 0 Å². The quantitative estimate of drug-likeness (QED) is 0.376. The summed E-state index contributed by atoms with van der Waals surface area (Å²) in [6.45, 7) is 13.9. The van der Waals surface area contributed by atoms with Crippen LogP contribution in [0.4, 0.5) is 0 Å². The van der Waals surface area contributed by atoms with Crippen LogP contribution in [0.1, 0.15) is 78.4 Å². The van der Waals surface area contributed by atoms with Crippen LogP contribution < -0.4 is 4.74 Å². The van der Waals surface area contributed by atoms with Crippen molar-refractivity contribution in [3.8, 4) is 5.75 Å². The van der Waals surface area contributed by atoms with Gasteiger partial charge in [-0.25, -0.2) is 8.42 Å². The van der Waals surface area contributed by atoms with Gasteiger partial charge >= 0.3 is 0 Å². The van der Waals surface area contributed by atoms with Crippen LogP contribution in [0.15, 0.2) is 18.2 Å². The third kappa shape index (κ3) is 6.82. The van der Waals surface area contributed by atoms with Gasteiger partial charge in [0.1, 0.15) is 5.75 Å². The van der Waals surface area contributed by atoms with E-state index in [1.54, 1.807) is 0 Å². The van der Waals surface area contributed by atoms with E-state index in [0.717, 1.165) is 18.6 Å². The average molecular weight is 389 g/mol. The number of unbranched alkanes of at least 4 members (excludes halogenated alkanes) is 1. The van der Waals surface area contributed by atoms with Gasteiger partial charge in [-0.05, 0) is 48.1 Å². The van der Waals surface area contributed by atoms with Crippen LogP contribution in [-0.2, 0) is 19.9 Å². The molecule has 0 fully saturated rings. The molecule has 5 heteroatoms. The number of hydrogen-bond donors (Lipinski definition) is 0. The van der Waals surface area contributed by atoms with E-state index in [9.17, 15) is 8.42 Å². The first-order chi connectivity index (χ1) is 11.4. The Balaban J connectivity index is 2.95.